The molecule has 1 aromatic rings. The molecule has 0 N–H and O–H groups in total. The van der Waals surface area contributed by atoms with E-state index in [9.17, 15) is 4.79 Å². The molecular formula is C21H32N2O2S. The van der Waals surface area contributed by atoms with E-state index in [2.05, 4.69) is 41.2 Å². The number of hydrogen-bond donors (Lipinski definition) is 0. The number of likely N-dealkylation sites (tertiary alicyclic amines) is 1. The number of hydrogen-bond acceptors (Lipinski definition) is 4. The van der Waals surface area contributed by atoms with Gasteiger partial charge in [0.1, 0.15) is 0 Å². The molecule has 4 nitrogen and oxygen atoms in total. The number of morpholine rings is 1. The summed E-state index contributed by atoms with van der Waals surface area (Å²) < 4.78 is 5.51. The van der Waals surface area contributed by atoms with E-state index in [1.807, 2.05) is 0 Å². The molecule has 1 saturated carbocycles. The molecule has 5 heteroatoms. The maximum absolute atomic E-state index is 12.8. The van der Waals surface area contributed by atoms with Crippen molar-refractivity contribution in [2.75, 3.05) is 45.9 Å². The van der Waals surface area contributed by atoms with Crippen molar-refractivity contribution in [1.29, 1.82) is 0 Å². The smallest absolute Gasteiger partial charge is 0.222 e. The first-order chi connectivity index (χ1) is 12.5. The van der Waals surface area contributed by atoms with E-state index in [0.29, 0.717) is 29.1 Å². The Balaban J connectivity index is 1.34. The summed E-state index contributed by atoms with van der Waals surface area (Å²) in [6.45, 7) is 11.7. The van der Waals surface area contributed by atoms with Crippen LogP contribution in [0, 0.1) is 16.7 Å². The number of aryl methyl sites for hydroxylation is 1. The Hall–Kier alpha value is -0.910. The molecule has 2 aliphatic heterocycles. The van der Waals surface area contributed by atoms with Crippen molar-refractivity contribution >= 4 is 17.2 Å². The molecule has 26 heavy (non-hydrogen) atoms. The fraction of sp³-hybridized carbons (Fsp3) is 0.762. The number of rotatable bonds is 6. The summed E-state index contributed by atoms with van der Waals surface area (Å²) in [6, 6.07) is 4.27. The zero-order valence-electron chi connectivity index (χ0n) is 16.2. The molecular weight excluding hydrogens is 344 g/mol. The van der Waals surface area contributed by atoms with Crippen LogP contribution >= 0.6 is 11.3 Å². The quantitative estimate of drug-likeness (QED) is 0.764. The average molecular weight is 377 g/mol. The Morgan fingerprint density at radius 1 is 1.35 bits per heavy atom. The Labute approximate surface area is 161 Å². The van der Waals surface area contributed by atoms with Crippen molar-refractivity contribution in [3.8, 4) is 0 Å². The van der Waals surface area contributed by atoms with Gasteiger partial charge < -0.3 is 9.64 Å². The van der Waals surface area contributed by atoms with Crippen LogP contribution in [0.4, 0.5) is 0 Å². The number of thiophene rings is 1. The average Bonchev–Trinajstić information content (AvgIpc) is 3.22. The van der Waals surface area contributed by atoms with Gasteiger partial charge in [0.2, 0.25) is 5.91 Å². The van der Waals surface area contributed by atoms with Crippen LogP contribution in [-0.4, -0.2) is 61.6 Å². The molecule has 2 saturated heterocycles. The summed E-state index contributed by atoms with van der Waals surface area (Å²) in [4.78, 5) is 19.0. The van der Waals surface area contributed by atoms with Crippen molar-refractivity contribution < 1.29 is 9.53 Å². The van der Waals surface area contributed by atoms with Crippen LogP contribution in [0.1, 0.15) is 38.0 Å². The summed E-state index contributed by atoms with van der Waals surface area (Å²) in [6.07, 6.45) is 3.95. The Kier molecular flexibility index (Phi) is 5.15. The molecule has 0 radical (unpaired) electrons. The minimum absolute atomic E-state index is 0.324. The van der Waals surface area contributed by atoms with Crippen LogP contribution in [0.15, 0.2) is 17.5 Å². The number of carbonyl (C=O) groups excluding carboxylic acids is 1. The highest BCUT2D eigenvalue weighted by Crippen LogP contribution is 2.63. The zero-order valence-corrected chi connectivity index (χ0v) is 17.0. The van der Waals surface area contributed by atoms with Gasteiger partial charge in [-0.15, -0.1) is 11.3 Å². The number of amides is 1. The van der Waals surface area contributed by atoms with Crippen molar-refractivity contribution in [3.63, 3.8) is 0 Å². The molecule has 0 bridgehead atoms. The molecule has 3 aliphatic rings. The number of nitrogens with zero attached hydrogens (tertiary/aromatic N) is 2. The highest BCUT2D eigenvalue weighted by atomic mass is 32.1. The van der Waals surface area contributed by atoms with E-state index in [-0.39, 0.29) is 0 Å². The molecule has 0 aromatic carbocycles. The summed E-state index contributed by atoms with van der Waals surface area (Å²) in [5.41, 5.74) is 0.697. The first kappa shape index (κ1) is 18.5. The molecule has 144 valence electrons. The van der Waals surface area contributed by atoms with Gasteiger partial charge in [0, 0.05) is 49.4 Å². The van der Waals surface area contributed by atoms with Gasteiger partial charge >= 0.3 is 0 Å². The molecule has 2 atom stereocenters. The maximum Gasteiger partial charge on any atom is 0.222 e. The van der Waals surface area contributed by atoms with E-state index in [0.717, 1.165) is 58.8 Å². The Morgan fingerprint density at radius 2 is 2.15 bits per heavy atom. The summed E-state index contributed by atoms with van der Waals surface area (Å²) in [7, 11) is 0. The topological polar surface area (TPSA) is 32.8 Å². The second kappa shape index (κ2) is 7.25. The lowest BCUT2D eigenvalue weighted by molar-refractivity contribution is -0.130. The minimum Gasteiger partial charge on any atom is -0.379 e. The first-order valence-corrected chi connectivity index (χ1v) is 11.0. The SMILES string of the molecule is CC1(C)C[C@]2(CN3CCOCC3)CN(C(=O)CCCc3cccs3)C[C@H]12. The van der Waals surface area contributed by atoms with Crippen molar-refractivity contribution in [3.05, 3.63) is 22.4 Å². The van der Waals surface area contributed by atoms with Gasteiger partial charge in [0.25, 0.3) is 0 Å². The molecule has 3 heterocycles. The molecule has 4 rings (SSSR count). The molecule has 1 aromatic heterocycles. The van der Waals surface area contributed by atoms with Crippen molar-refractivity contribution in [2.24, 2.45) is 16.7 Å². The van der Waals surface area contributed by atoms with Crippen molar-refractivity contribution in [2.45, 2.75) is 39.5 Å². The van der Waals surface area contributed by atoms with Crippen LogP contribution in [0.5, 0.6) is 0 Å². The molecule has 1 amide bonds. The number of carbonyl (C=O) groups is 1. The Morgan fingerprint density at radius 3 is 2.85 bits per heavy atom. The van der Waals surface area contributed by atoms with Crippen LogP contribution < -0.4 is 0 Å². The van der Waals surface area contributed by atoms with Crippen LogP contribution in [-0.2, 0) is 16.0 Å². The lowest BCUT2D eigenvalue weighted by Gasteiger charge is -2.58. The van der Waals surface area contributed by atoms with Gasteiger partial charge in [-0.05, 0) is 42.0 Å². The minimum atomic E-state index is 0.324. The number of fused-ring (bicyclic) bond motifs is 1. The third-order valence-corrected chi connectivity index (χ3v) is 7.72. The lowest BCUT2D eigenvalue weighted by Crippen LogP contribution is -2.59. The molecule has 1 aliphatic carbocycles. The van der Waals surface area contributed by atoms with Gasteiger partial charge in [0.15, 0.2) is 0 Å². The van der Waals surface area contributed by atoms with Crippen molar-refractivity contribution in [1.82, 2.24) is 9.80 Å². The van der Waals surface area contributed by atoms with Gasteiger partial charge in [-0.3, -0.25) is 9.69 Å². The fourth-order valence-corrected chi connectivity index (χ4v) is 6.51. The first-order valence-electron chi connectivity index (χ1n) is 10.1. The largest absolute Gasteiger partial charge is 0.379 e. The zero-order chi connectivity index (χ0) is 18.2. The predicted octanol–water partition coefficient (Wildman–Crippen LogP) is 3.28. The van der Waals surface area contributed by atoms with Crippen LogP contribution in [0.2, 0.25) is 0 Å². The lowest BCUT2D eigenvalue weighted by atomic mass is 9.48. The molecule has 3 fully saturated rings. The van der Waals surface area contributed by atoms with Crippen LogP contribution in [0.3, 0.4) is 0 Å². The monoisotopic (exact) mass is 376 g/mol. The molecule has 0 unspecified atom stereocenters. The third-order valence-electron chi connectivity index (χ3n) is 6.79. The van der Waals surface area contributed by atoms with E-state index >= 15 is 0 Å². The normalized spacial score (nSPS) is 30.8. The summed E-state index contributed by atoms with van der Waals surface area (Å²) >= 11 is 1.80. The van der Waals surface area contributed by atoms with E-state index in [1.165, 1.54) is 11.3 Å². The van der Waals surface area contributed by atoms with Gasteiger partial charge in [-0.25, -0.2) is 0 Å². The fourth-order valence-electron chi connectivity index (χ4n) is 5.76. The maximum atomic E-state index is 12.8. The van der Waals surface area contributed by atoms with E-state index in [4.69, 9.17) is 4.74 Å². The second-order valence-electron chi connectivity index (χ2n) is 9.18. The van der Waals surface area contributed by atoms with Gasteiger partial charge in [0.05, 0.1) is 13.2 Å². The van der Waals surface area contributed by atoms with Gasteiger partial charge in [-0.1, -0.05) is 19.9 Å². The number of ether oxygens (including phenoxy) is 1. The highest BCUT2D eigenvalue weighted by Gasteiger charge is 2.63. The third kappa shape index (κ3) is 3.58. The highest BCUT2D eigenvalue weighted by molar-refractivity contribution is 7.09. The summed E-state index contributed by atoms with van der Waals surface area (Å²) in [5.74, 6) is 1.02. The van der Waals surface area contributed by atoms with E-state index in [1.54, 1.807) is 11.3 Å². The van der Waals surface area contributed by atoms with Gasteiger partial charge in [-0.2, -0.15) is 0 Å². The molecule has 0 spiro atoms. The van der Waals surface area contributed by atoms with Crippen LogP contribution in [0.25, 0.3) is 0 Å². The predicted molar refractivity (Wildman–Crippen MR) is 105 cm³/mol. The second-order valence-corrected chi connectivity index (χ2v) is 10.2. The standard InChI is InChI=1S/C21H32N2O2S/c1-20(2)14-21(15-22-8-10-25-11-9-22)16-23(13-18(20)21)19(24)7-3-5-17-6-4-12-26-17/h4,6,12,18H,3,5,7-11,13-16H2,1-2H3/t18-,21+/m1/s1. The van der Waals surface area contributed by atoms with E-state index < -0.39 is 0 Å². The summed E-state index contributed by atoms with van der Waals surface area (Å²) in [5, 5.41) is 2.12. The Bertz CT molecular complexity index is 624.